The molecule has 0 unspecified atom stereocenters. The monoisotopic (exact) mass is 336 g/mol. The van der Waals surface area contributed by atoms with Crippen molar-refractivity contribution in [1.29, 1.82) is 0 Å². The summed E-state index contributed by atoms with van der Waals surface area (Å²) in [5.74, 6) is -1.09. The maximum atomic E-state index is 12.7. The van der Waals surface area contributed by atoms with Crippen LogP contribution < -0.4 is 11.1 Å². The van der Waals surface area contributed by atoms with Gasteiger partial charge in [0.15, 0.2) is 5.58 Å². The van der Waals surface area contributed by atoms with Crippen LogP contribution in [-0.2, 0) is 17.4 Å². The average Bonchev–Trinajstić information content (AvgIpc) is 2.86. The van der Waals surface area contributed by atoms with E-state index < -0.39 is 23.4 Å². The Morgan fingerprint density at radius 3 is 2.71 bits per heavy atom. The van der Waals surface area contributed by atoms with Crippen molar-refractivity contribution in [2.24, 2.45) is 0 Å². The number of hydrogen-bond donors (Lipinski definition) is 2. The maximum absolute atomic E-state index is 12.7. The van der Waals surface area contributed by atoms with Gasteiger partial charge in [-0.05, 0) is 29.8 Å². The van der Waals surface area contributed by atoms with Crippen molar-refractivity contribution in [3.63, 3.8) is 0 Å². The van der Waals surface area contributed by atoms with Gasteiger partial charge in [0.1, 0.15) is 0 Å². The van der Waals surface area contributed by atoms with Gasteiger partial charge in [0.2, 0.25) is 5.91 Å². The standard InChI is InChI=1S/C16H11F3N2O3/c17-16(18,19)10-3-1-2-9(6-10)7-14(22)20-11-4-5-13-12(8-11)21-15(23)24-13/h1-6,8H,7H2,(H,20,22)(H,21,23). The van der Waals surface area contributed by atoms with Crippen molar-refractivity contribution in [1.82, 2.24) is 4.98 Å². The van der Waals surface area contributed by atoms with Gasteiger partial charge in [-0.25, -0.2) is 4.79 Å². The summed E-state index contributed by atoms with van der Waals surface area (Å²) in [5, 5.41) is 2.57. The molecule has 0 spiro atoms. The quantitative estimate of drug-likeness (QED) is 0.770. The van der Waals surface area contributed by atoms with Crippen molar-refractivity contribution in [3.8, 4) is 0 Å². The molecule has 0 saturated carbocycles. The first-order chi connectivity index (χ1) is 11.3. The summed E-state index contributed by atoms with van der Waals surface area (Å²) in [4.78, 5) is 25.5. The maximum Gasteiger partial charge on any atom is 0.417 e. The molecule has 3 rings (SSSR count). The minimum atomic E-state index is -4.45. The van der Waals surface area contributed by atoms with Crippen LogP contribution >= 0.6 is 0 Å². The third-order valence-electron chi connectivity index (χ3n) is 3.32. The van der Waals surface area contributed by atoms with Crippen molar-refractivity contribution < 1.29 is 22.4 Å². The largest absolute Gasteiger partial charge is 0.417 e. The van der Waals surface area contributed by atoms with E-state index in [9.17, 15) is 22.8 Å². The fraction of sp³-hybridized carbons (Fsp3) is 0.125. The molecule has 0 aliphatic carbocycles. The normalized spacial score (nSPS) is 11.6. The summed E-state index contributed by atoms with van der Waals surface area (Å²) in [5.41, 5.74) is 0.606. The zero-order valence-corrected chi connectivity index (χ0v) is 12.1. The van der Waals surface area contributed by atoms with Gasteiger partial charge >= 0.3 is 11.9 Å². The Labute approximate surface area is 133 Å². The lowest BCUT2D eigenvalue weighted by atomic mass is 10.1. The molecule has 2 N–H and O–H groups in total. The van der Waals surface area contributed by atoms with Gasteiger partial charge in [-0.2, -0.15) is 13.2 Å². The molecular weight excluding hydrogens is 325 g/mol. The van der Waals surface area contributed by atoms with Crippen molar-refractivity contribution in [3.05, 3.63) is 64.1 Å². The zero-order valence-electron chi connectivity index (χ0n) is 12.1. The number of hydrogen-bond acceptors (Lipinski definition) is 3. The average molecular weight is 336 g/mol. The number of fused-ring (bicyclic) bond motifs is 1. The van der Waals surface area contributed by atoms with E-state index in [4.69, 9.17) is 4.42 Å². The second kappa shape index (κ2) is 5.88. The first-order valence-corrected chi connectivity index (χ1v) is 6.90. The molecule has 1 aromatic heterocycles. The lowest BCUT2D eigenvalue weighted by Crippen LogP contribution is -2.15. The van der Waals surface area contributed by atoms with Crippen LogP contribution in [0, 0.1) is 0 Å². The zero-order chi connectivity index (χ0) is 17.3. The molecule has 0 aliphatic rings. The summed E-state index contributed by atoms with van der Waals surface area (Å²) in [6, 6.07) is 9.14. The van der Waals surface area contributed by atoms with Crippen LogP contribution in [0.2, 0.25) is 0 Å². The number of anilines is 1. The Balaban J connectivity index is 1.74. The summed E-state index contributed by atoms with van der Waals surface area (Å²) in [6.45, 7) is 0. The number of nitrogens with one attached hydrogen (secondary N) is 2. The predicted octanol–water partition coefficient (Wildman–Crippen LogP) is 3.32. The Morgan fingerprint density at radius 1 is 1.17 bits per heavy atom. The van der Waals surface area contributed by atoms with Gasteiger partial charge in [-0.3, -0.25) is 9.78 Å². The summed E-state index contributed by atoms with van der Waals surface area (Å²) in [7, 11) is 0. The highest BCUT2D eigenvalue weighted by molar-refractivity contribution is 5.94. The lowest BCUT2D eigenvalue weighted by Gasteiger charge is -2.09. The third-order valence-corrected chi connectivity index (χ3v) is 3.32. The summed E-state index contributed by atoms with van der Waals surface area (Å²) >= 11 is 0. The van der Waals surface area contributed by atoms with E-state index in [1.807, 2.05) is 0 Å². The number of carbonyl (C=O) groups excluding carboxylic acids is 1. The smallest absolute Gasteiger partial charge is 0.408 e. The van der Waals surface area contributed by atoms with Gasteiger partial charge in [0, 0.05) is 5.69 Å². The Hall–Kier alpha value is -3.03. The molecule has 0 fully saturated rings. The van der Waals surface area contributed by atoms with Gasteiger partial charge in [-0.1, -0.05) is 18.2 Å². The molecule has 0 aliphatic heterocycles. The van der Waals surface area contributed by atoms with E-state index in [0.717, 1.165) is 12.1 Å². The molecule has 8 heteroatoms. The van der Waals surface area contributed by atoms with Crippen LogP contribution in [0.15, 0.2) is 51.7 Å². The molecule has 1 amide bonds. The molecule has 0 saturated heterocycles. The number of aromatic amines is 1. The number of halogens is 3. The molecule has 5 nitrogen and oxygen atoms in total. The van der Waals surface area contributed by atoms with E-state index in [-0.39, 0.29) is 12.0 Å². The van der Waals surface area contributed by atoms with Gasteiger partial charge in [0.25, 0.3) is 0 Å². The van der Waals surface area contributed by atoms with Crippen LogP contribution in [0.4, 0.5) is 18.9 Å². The second-order valence-electron chi connectivity index (χ2n) is 5.15. The molecule has 1 heterocycles. The van der Waals surface area contributed by atoms with Crippen LogP contribution in [0.1, 0.15) is 11.1 Å². The van der Waals surface area contributed by atoms with Crippen LogP contribution in [0.5, 0.6) is 0 Å². The summed E-state index contributed by atoms with van der Waals surface area (Å²) in [6.07, 6.45) is -4.66. The first kappa shape index (κ1) is 15.9. The molecule has 0 atom stereocenters. The number of aromatic nitrogens is 1. The van der Waals surface area contributed by atoms with E-state index in [0.29, 0.717) is 16.8 Å². The predicted molar refractivity (Wildman–Crippen MR) is 80.6 cm³/mol. The fourth-order valence-electron chi connectivity index (χ4n) is 2.28. The highest BCUT2D eigenvalue weighted by Crippen LogP contribution is 2.29. The summed E-state index contributed by atoms with van der Waals surface area (Å²) < 4.78 is 42.8. The molecule has 2 aromatic carbocycles. The SMILES string of the molecule is O=C(Cc1cccc(C(F)(F)F)c1)Nc1ccc2oc(=O)[nH]c2c1. The molecule has 0 radical (unpaired) electrons. The minimum absolute atomic E-state index is 0.205. The van der Waals surface area contributed by atoms with Gasteiger partial charge in [0.05, 0.1) is 17.5 Å². The number of rotatable bonds is 3. The first-order valence-electron chi connectivity index (χ1n) is 6.90. The lowest BCUT2D eigenvalue weighted by molar-refractivity contribution is -0.137. The molecule has 24 heavy (non-hydrogen) atoms. The Morgan fingerprint density at radius 2 is 1.96 bits per heavy atom. The highest BCUT2D eigenvalue weighted by atomic mass is 19.4. The second-order valence-corrected chi connectivity index (χ2v) is 5.15. The fourth-order valence-corrected chi connectivity index (χ4v) is 2.28. The van der Waals surface area contributed by atoms with Crippen molar-refractivity contribution in [2.75, 3.05) is 5.32 Å². The van der Waals surface area contributed by atoms with E-state index in [1.54, 1.807) is 0 Å². The third kappa shape index (κ3) is 3.48. The number of H-pyrrole nitrogens is 1. The van der Waals surface area contributed by atoms with Crippen LogP contribution in [0.3, 0.4) is 0 Å². The number of amides is 1. The minimum Gasteiger partial charge on any atom is -0.408 e. The van der Waals surface area contributed by atoms with Crippen molar-refractivity contribution >= 4 is 22.7 Å². The number of carbonyl (C=O) groups is 1. The molecule has 0 bridgehead atoms. The highest BCUT2D eigenvalue weighted by Gasteiger charge is 2.30. The van der Waals surface area contributed by atoms with Gasteiger partial charge < -0.3 is 9.73 Å². The van der Waals surface area contributed by atoms with Crippen LogP contribution in [0.25, 0.3) is 11.1 Å². The molecule has 3 aromatic rings. The van der Waals surface area contributed by atoms with E-state index in [2.05, 4.69) is 10.3 Å². The molecular formula is C16H11F3N2O3. The van der Waals surface area contributed by atoms with E-state index >= 15 is 0 Å². The van der Waals surface area contributed by atoms with Gasteiger partial charge in [-0.15, -0.1) is 0 Å². The number of oxazole rings is 1. The molecule has 124 valence electrons. The van der Waals surface area contributed by atoms with Crippen LogP contribution in [-0.4, -0.2) is 10.9 Å². The topological polar surface area (TPSA) is 75.1 Å². The van der Waals surface area contributed by atoms with E-state index in [1.165, 1.54) is 30.3 Å². The number of benzene rings is 2. The van der Waals surface area contributed by atoms with Crippen molar-refractivity contribution in [2.45, 2.75) is 12.6 Å². The number of alkyl halides is 3. The Kier molecular flexibility index (Phi) is 3.88. The Bertz CT molecular complexity index is 957.